The fourth-order valence-corrected chi connectivity index (χ4v) is 3.13. The van der Waals surface area contributed by atoms with Crippen molar-refractivity contribution < 1.29 is 0 Å². The quantitative estimate of drug-likeness (QED) is 0.683. The highest BCUT2D eigenvalue weighted by atomic mass is 15.3. The maximum absolute atomic E-state index is 2.68. The van der Waals surface area contributed by atoms with Gasteiger partial charge in [-0.25, -0.2) is 0 Å². The van der Waals surface area contributed by atoms with Gasteiger partial charge in [0.05, 0.1) is 0 Å². The number of hydrogen-bond acceptors (Lipinski definition) is 2. The highest BCUT2D eigenvalue weighted by Crippen LogP contribution is 2.44. The summed E-state index contributed by atoms with van der Waals surface area (Å²) in [6, 6.07) is 0. The zero-order chi connectivity index (χ0) is 10.7. The predicted molar refractivity (Wildman–Crippen MR) is 62.9 cm³/mol. The summed E-state index contributed by atoms with van der Waals surface area (Å²) in [4.78, 5) is 5.30. The van der Waals surface area contributed by atoms with Crippen LogP contribution in [0, 0.1) is 11.3 Å². The van der Waals surface area contributed by atoms with Crippen molar-refractivity contribution in [2.75, 3.05) is 32.7 Å². The molecule has 3 aliphatic rings. The Morgan fingerprint density at radius 1 is 1.07 bits per heavy atom. The van der Waals surface area contributed by atoms with E-state index in [2.05, 4.69) is 30.6 Å². The van der Waals surface area contributed by atoms with Crippen LogP contribution in [0.4, 0.5) is 0 Å². The first-order valence-corrected chi connectivity index (χ1v) is 6.44. The Hall–Kier alpha value is -0.0800. The maximum atomic E-state index is 2.68. The number of hydrogen-bond donors (Lipinski definition) is 0. The van der Waals surface area contributed by atoms with Crippen LogP contribution in [-0.2, 0) is 0 Å². The van der Waals surface area contributed by atoms with Crippen LogP contribution in [0.2, 0.25) is 0 Å². The van der Waals surface area contributed by atoms with Crippen LogP contribution in [0.3, 0.4) is 0 Å². The van der Waals surface area contributed by atoms with Gasteiger partial charge in [0.1, 0.15) is 0 Å². The van der Waals surface area contributed by atoms with Crippen molar-refractivity contribution in [3.05, 3.63) is 0 Å². The maximum Gasteiger partial charge on any atom is 0.0212 e. The van der Waals surface area contributed by atoms with Crippen molar-refractivity contribution in [3.8, 4) is 0 Å². The van der Waals surface area contributed by atoms with Gasteiger partial charge in [-0.05, 0) is 39.5 Å². The molecule has 0 amide bonds. The molecule has 1 saturated carbocycles. The highest BCUT2D eigenvalue weighted by Gasteiger charge is 2.54. The molecule has 3 fully saturated rings. The van der Waals surface area contributed by atoms with Crippen molar-refractivity contribution in [2.24, 2.45) is 11.3 Å². The molecule has 2 heterocycles. The van der Waals surface area contributed by atoms with E-state index in [1.165, 1.54) is 45.6 Å². The molecule has 0 bridgehead atoms. The standard InChI is InChI=1S/C13H24N2/c1-12(2,3)15-9-13(10-15)7-14(8-13)6-11-4-5-11/h11H,4-10H2,1-3H3. The molecule has 86 valence electrons. The minimum absolute atomic E-state index is 0.391. The SMILES string of the molecule is CC(C)(C)N1CC2(CN(CC3CC3)C2)C1. The minimum Gasteiger partial charge on any atom is -0.302 e. The first-order chi connectivity index (χ1) is 6.97. The Morgan fingerprint density at radius 3 is 2.13 bits per heavy atom. The molecule has 1 spiro atoms. The fraction of sp³-hybridized carbons (Fsp3) is 1.00. The third kappa shape index (κ3) is 1.83. The summed E-state index contributed by atoms with van der Waals surface area (Å²) in [6.07, 6.45) is 3.00. The molecular weight excluding hydrogens is 184 g/mol. The molecule has 1 aliphatic carbocycles. The molecule has 0 radical (unpaired) electrons. The van der Waals surface area contributed by atoms with Crippen LogP contribution in [0.15, 0.2) is 0 Å². The van der Waals surface area contributed by atoms with E-state index < -0.39 is 0 Å². The first kappa shape index (κ1) is 10.1. The number of rotatable bonds is 2. The van der Waals surface area contributed by atoms with E-state index in [4.69, 9.17) is 0 Å². The molecule has 2 nitrogen and oxygen atoms in total. The van der Waals surface area contributed by atoms with Gasteiger partial charge in [-0.3, -0.25) is 4.90 Å². The second-order valence-electron chi connectivity index (χ2n) is 7.14. The van der Waals surface area contributed by atoms with E-state index in [0.29, 0.717) is 11.0 Å². The number of likely N-dealkylation sites (tertiary alicyclic amines) is 2. The Bertz CT molecular complexity index is 248. The molecule has 15 heavy (non-hydrogen) atoms. The van der Waals surface area contributed by atoms with Crippen LogP contribution in [0.25, 0.3) is 0 Å². The Morgan fingerprint density at radius 2 is 1.67 bits per heavy atom. The second-order valence-corrected chi connectivity index (χ2v) is 7.14. The molecule has 0 atom stereocenters. The topological polar surface area (TPSA) is 6.48 Å². The summed E-state index contributed by atoms with van der Waals surface area (Å²) in [5.41, 5.74) is 1.10. The van der Waals surface area contributed by atoms with Gasteiger partial charge in [-0.15, -0.1) is 0 Å². The van der Waals surface area contributed by atoms with Crippen molar-refractivity contribution in [3.63, 3.8) is 0 Å². The third-order valence-corrected chi connectivity index (χ3v) is 4.33. The van der Waals surface area contributed by atoms with Gasteiger partial charge in [-0.1, -0.05) is 0 Å². The van der Waals surface area contributed by atoms with Gasteiger partial charge in [0.25, 0.3) is 0 Å². The van der Waals surface area contributed by atoms with Gasteiger partial charge < -0.3 is 4.90 Å². The van der Waals surface area contributed by atoms with Gasteiger partial charge in [0.15, 0.2) is 0 Å². The lowest BCUT2D eigenvalue weighted by atomic mass is 9.71. The number of nitrogens with zero attached hydrogens (tertiary/aromatic N) is 2. The van der Waals surface area contributed by atoms with Crippen molar-refractivity contribution in [1.29, 1.82) is 0 Å². The van der Waals surface area contributed by atoms with Gasteiger partial charge >= 0.3 is 0 Å². The van der Waals surface area contributed by atoms with Gasteiger partial charge in [0, 0.05) is 43.7 Å². The molecule has 2 aliphatic heterocycles. The fourth-order valence-electron chi connectivity index (χ4n) is 3.13. The largest absolute Gasteiger partial charge is 0.302 e. The van der Waals surface area contributed by atoms with Gasteiger partial charge in [0.2, 0.25) is 0 Å². The van der Waals surface area contributed by atoms with Crippen LogP contribution in [0.5, 0.6) is 0 Å². The summed E-state index contributed by atoms with van der Waals surface area (Å²) < 4.78 is 0. The summed E-state index contributed by atoms with van der Waals surface area (Å²) >= 11 is 0. The van der Waals surface area contributed by atoms with Crippen molar-refractivity contribution in [2.45, 2.75) is 39.2 Å². The Kier molecular flexibility index (Phi) is 2.01. The van der Waals surface area contributed by atoms with E-state index in [-0.39, 0.29) is 0 Å². The lowest BCUT2D eigenvalue weighted by molar-refractivity contribution is -0.145. The minimum atomic E-state index is 0.391. The Labute approximate surface area is 93.6 Å². The summed E-state index contributed by atoms with van der Waals surface area (Å²) in [5, 5.41) is 0. The average molecular weight is 208 g/mol. The van der Waals surface area contributed by atoms with E-state index in [9.17, 15) is 0 Å². The van der Waals surface area contributed by atoms with Crippen molar-refractivity contribution >= 4 is 0 Å². The van der Waals surface area contributed by atoms with Crippen LogP contribution < -0.4 is 0 Å². The molecular formula is C13H24N2. The molecule has 3 rings (SSSR count). The monoisotopic (exact) mass is 208 g/mol. The van der Waals surface area contributed by atoms with E-state index in [0.717, 1.165) is 5.92 Å². The zero-order valence-electron chi connectivity index (χ0n) is 10.4. The summed E-state index contributed by atoms with van der Waals surface area (Å²) in [7, 11) is 0. The van der Waals surface area contributed by atoms with Crippen molar-refractivity contribution in [1.82, 2.24) is 9.80 Å². The van der Waals surface area contributed by atoms with Crippen LogP contribution in [0.1, 0.15) is 33.6 Å². The van der Waals surface area contributed by atoms with Crippen LogP contribution >= 0.6 is 0 Å². The molecule has 0 aromatic heterocycles. The normalized spacial score (nSPS) is 31.4. The van der Waals surface area contributed by atoms with E-state index in [1.54, 1.807) is 0 Å². The zero-order valence-corrected chi connectivity index (χ0v) is 10.4. The summed E-state index contributed by atoms with van der Waals surface area (Å²) in [5.74, 6) is 1.07. The first-order valence-electron chi connectivity index (χ1n) is 6.44. The molecule has 2 saturated heterocycles. The van der Waals surface area contributed by atoms with E-state index in [1.807, 2.05) is 0 Å². The molecule has 2 heteroatoms. The Balaban J connectivity index is 1.44. The molecule has 0 aromatic rings. The summed E-state index contributed by atoms with van der Waals surface area (Å²) in [6.45, 7) is 13.9. The predicted octanol–water partition coefficient (Wildman–Crippen LogP) is 1.81. The lowest BCUT2D eigenvalue weighted by Gasteiger charge is -2.63. The lowest BCUT2D eigenvalue weighted by Crippen LogP contribution is -2.74. The van der Waals surface area contributed by atoms with Gasteiger partial charge in [-0.2, -0.15) is 0 Å². The second kappa shape index (κ2) is 2.98. The molecule has 0 unspecified atom stereocenters. The van der Waals surface area contributed by atoms with E-state index >= 15 is 0 Å². The molecule has 0 aromatic carbocycles. The van der Waals surface area contributed by atoms with Crippen LogP contribution in [-0.4, -0.2) is 48.1 Å². The average Bonchev–Trinajstić information content (AvgIpc) is 2.71. The molecule has 0 N–H and O–H groups in total. The third-order valence-electron chi connectivity index (χ3n) is 4.33. The smallest absolute Gasteiger partial charge is 0.0212 e. The highest BCUT2D eigenvalue weighted by molar-refractivity contribution is 5.08.